The first-order valence-electron chi connectivity index (χ1n) is 11.5. The lowest BCUT2D eigenvalue weighted by atomic mass is 9.82. The number of anilines is 1. The molecule has 4 N–H and O–H groups in total. The number of hydrazine groups is 1. The summed E-state index contributed by atoms with van der Waals surface area (Å²) in [7, 11) is 3.94. The Morgan fingerprint density at radius 1 is 1.15 bits per heavy atom. The molecule has 8 nitrogen and oxygen atoms in total. The number of likely N-dealkylation sites (tertiary alicyclic amines) is 1. The van der Waals surface area contributed by atoms with E-state index in [0.717, 1.165) is 42.2 Å². The molecular weight excluding hydrogens is 412 g/mol. The van der Waals surface area contributed by atoms with Crippen molar-refractivity contribution in [1.82, 2.24) is 24.3 Å². The second-order valence-electron chi connectivity index (χ2n) is 10.1. The quantitative estimate of drug-likeness (QED) is 0.424. The van der Waals surface area contributed by atoms with Crippen LogP contribution in [0.4, 0.5) is 5.69 Å². The van der Waals surface area contributed by atoms with Crippen LogP contribution in [0.1, 0.15) is 43.5 Å². The minimum absolute atomic E-state index is 0.458. The molecule has 1 fully saturated rings. The Labute approximate surface area is 196 Å². The summed E-state index contributed by atoms with van der Waals surface area (Å²) in [6.07, 6.45) is 12.0. The van der Waals surface area contributed by atoms with Gasteiger partial charge in [-0.25, -0.2) is 10.8 Å². The maximum absolute atomic E-state index is 6.27. The van der Waals surface area contributed by atoms with Crippen LogP contribution in [0.5, 0.6) is 0 Å². The number of pyridine rings is 2. The van der Waals surface area contributed by atoms with Crippen LogP contribution in [-0.2, 0) is 13.1 Å². The third-order valence-corrected chi connectivity index (χ3v) is 6.40. The Kier molecular flexibility index (Phi) is 6.58. The molecule has 0 saturated carbocycles. The highest BCUT2D eigenvalue weighted by Gasteiger charge is 2.25. The van der Waals surface area contributed by atoms with E-state index in [0.29, 0.717) is 17.7 Å². The van der Waals surface area contributed by atoms with Gasteiger partial charge in [0.25, 0.3) is 0 Å². The summed E-state index contributed by atoms with van der Waals surface area (Å²) in [5.74, 6) is 6.23. The molecule has 1 aliphatic rings. The highest BCUT2D eigenvalue weighted by atomic mass is 15.4. The van der Waals surface area contributed by atoms with Gasteiger partial charge in [-0.2, -0.15) is 0 Å². The van der Waals surface area contributed by atoms with Crippen molar-refractivity contribution in [2.45, 2.75) is 39.8 Å². The molecule has 0 amide bonds. The molecule has 0 radical (unpaired) electrons. The molecule has 1 aliphatic heterocycles. The van der Waals surface area contributed by atoms with E-state index in [1.54, 1.807) is 23.6 Å². The molecule has 0 spiro atoms. The number of nitrogens with zero attached hydrogens (tertiary/aromatic N) is 6. The predicted octanol–water partition coefficient (Wildman–Crippen LogP) is 3.05. The highest BCUT2D eigenvalue weighted by molar-refractivity contribution is 5.65. The maximum atomic E-state index is 6.27. The van der Waals surface area contributed by atoms with E-state index in [1.165, 1.54) is 18.4 Å². The number of rotatable bonds is 7. The van der Waals surface area contributed by atoms with Crippen molar-refractivity contribution >= 4 is 17.0 Å². The Bertz CT molecular complexity index is 1120. The van der Waals surface area contributed by atoms with Gasteiger partial charge in [0.05, 0.1) is 29.8 Å². The van der Waals surface area contributed by atoms with Crippen LogP contribution in [0, 0.1) is 5.41 Å². The zero-order chi connectivity index (χ0) is 23.6. The molecular formula is C25H36N8. The lowest BCUT2D eigenvalue weighted by molar-refractivity contribution is 0.127. The largest absolute Gasteiger partial charge is 0.397 e. The van der Waals surface area contributed by atoms with Crippen molar-refractivity contribution in [2.75, 3.05) is 32.1 Å². The summed E-state index contributed by atoms with van der Waals surface area (Å²) in [5.41, 5.74) is 12.2. The van der Waals surface area contributed by atoms with Crippen molar-refractivity contribution in [3.05, 3.63) is 66.0 Å². The molecule has 33 heavy (non-hydrogen) atoms. The summed E-state index contributed by atoms with van der Waals surface area (Å²) in [4.78, 5) is 13.5. The highest BCUT2D eigenvalue weighted by Crippen LogP contribution is 2.30. The van der Waals surface area contributed by atoms with Crippen molar-refractivity contribution in [3.8, 4) is 0 Å². The fourth-order valence-corrected chi connectivity index (χ4v) is 4.15. The van der Waals surface area contributed by atoms with E-state index in [2.05, 4.69) is 46.5 Å². The Morgan fingerprint density at radius 3 is 2.64 bits per heavy atom. The van der Waals surface area contributed by atoms with Crippen LogP contribution in [0.2, 0.25) is 0 Å². The summed E-state index contributed by atoms with van der Waals surface area (Å²) in [6.45, 7) is 8.48. The summed E-state index contributed by atoms with van der Waals surface area (Å²) >= 11 is 0. The van der Waals surface area contributed by atoms with E-state index in [9.17, 15) is 0 Å². The fraction of sp³-hybridized carbons (Fsp3) is 0.440. The van der Waals surface area contributed by atoms with Crippen LogP contribution in [-0.4, -0.2) is 51.5 Å². The Hall–Kier alpha value is -3.10. The first-order valence-corrected chi connectivity index (χ1v) is 11.5. The van der Waals surface area contributed by atoms with Gasteiger partial charge < -0.3 is 20.0 Å². The van der Waals surface area contributed by atoms with E-state index < -0.39 is 0 Å². The van der Waals surface area contributed by atoms with E-state index in [-0.39, 0.29) is 0 Å². The number of nitrogens with two attached hydrogens (primary N) is 2. The lowest BCUT2D eigenvalue weighted by Crippen LogP contribution is -2.36. The van der Waals surface area contributed by atoms with Crippen LogP contribution in [0.25, 0.3) is 11.3 Å². The smallest absolute Gasteiger partial charge is 0.137 e. The van der Waals surface area contributed by atoms with Gasteiger partial charge in [-0.1, -0.05) is 19.9 Å². The number of hydrogen-bond donors (Lipinski definition) is 2. The summed E-state index contributed by atoms with van der Waals surface area (Å²) in [5, 5.41) is 1.57. The van der Waals surface area contributed by atoms with Gasteiger partial charge in [-0.05, 0) is 49.0 Å². The van der Waals surface area contributed by atoms with Crippen LogP contribution in [0.3, 0.4) is 0 Å². The minimum atomic E-state index is 0.458. The summed E-state index contributed by atoms with van der Waals surface area (Å²) < 4.78 is 2.09. The van der Waals surface area contributed by atoms with E-state index >= 15 is 0 Å². The fourth-order valence-electron chi connectivity index (χ4n) is 4.15. The van der Waals surface area contributed by atoms with Crippen molar-refractivity contribution < 1.29 is 0 Å². The molecule has 0 unspecified atom stereocenters. The maximum Gasteiger partial charge on any atom is 0.137 e. The number of imidazole rings is 1. The van der Waals surface area contributed by atoms with Crippen LogP contribution < -0.4 is 16.5 Å². The van der Waals surface area contributed by atoms with Crippen molar-refractivity contribution in [1.29, 1.82) is 0 Å². The lowest BCUT2D eigenvalue weighted by Gasteiger charge is -2.36. The number of piperidine rings is 1. The standard InChI is InChI=1S/C25H36N8/c1-25(2)7-9-31(10-8-25)14-19-5-6-24-29-21(16-32(24)15-19)17-33(27)18-23(26)20-11-22(30(3)4)13-28-12-20/h5-6,11-13,15-16,18H,7-10,14,17,26-27H2,1-4H3/b23-18-. The first kappa shape index (κ1) is 23.1. The average molecular weight is 449 g/mol. The van der Waals surface area contributed by atoms with Gasteiger partial charge in [-0.15, -0.1) is 0 Å². The van der Waals surface area contributed by atoms with Gasteiger partial charge in [0.1, 0.15) is 5.65 Å². The normalized spacial score (nSPS) is 16.8. The number of hydrogen-bond acceptors (Lipinski definition) is 7. The molecule has 4 heterocycles. The number of fused-ring (bicyclic) bond motifs is 1. The molecule has 1 saturated heterocycles. The van der Waals surface area contributed by atoms with E-state index in [1.807, 2.05) is 31.3 Å². The average Bonchev–Trinajstić information content (AvgIpc) is 3.16. The third-order valence-electron chi connectivity index (χ3n) is 6.40. The van der Waals surface area contributed by atoms with Crippen LogP contribution in [0.15, 0.2) is 49.2 Å². The molecule has 176 valence electrons. The monoisotopic (exact) mass is 448 g/mol. The molecule has 4 rings (SSSR count). The van der Waals surface area contributed by atoms with Gasteiger partial charge in [0.2, 0.25) is 0 Å². The SMILES string of the molecule is CN(C)c1cncc(/C(N)=C/N(N)Cc2cn3cc(CN4CCC(C)(C)CC4)ccc3n2)c1. The first-order chi connectivity index (χ1) is 15.7. The van der Waals surface area contributed by atoms with E-state index in [4.69, 9.17) is 16.6 Å². The van der Waals surface area contributed by atoms with Crippen molar-refractivity contribution in [3.63, 3.8) is 0 Å². The third kappa shape index (κ3) is 5.83. The second kappa shape index (κ2) is 9.41. The molecule has 3 aromatic rings. The zero-order valence-corrected chi connectivity index (χ0v) is 20.2. The van der Waals surface area contributed by atoms with Gasteiger partial charge in [0, 0.05) is 51.0 Å². The predicted molar refractivity (Wildman–Crippen MR) is 134 cm³/mol. The second-order valence-corrected chi connectivity index (χ2v) is 10.1. The minimum Gasteiger partial charge on any atom is -0.397 e. The topological polar surface area (TPSA) is 92.0 Å². The van der Waals surface area contributed by atoms with Gasteiger partial charge in [-0.3, -0.25) is 9.88 Å². The van der Waals surface area contributed by atoms with Crippen LogP contribution >= 0.6 is 0 Å². The molecule has 0 atom stereocenters. The zero-order valence-electron chi connectivity index (χ0n) is 20.2. The molecule has 0 aromatic carbocycles. The van der Waals surface area contributed by atoms with Gasteiger partial charge >= 0.3 is 0 Å². The molecule has 0 bridgehead atoms. The molecule has 8 heteroatoms. The van der Waals surface area contributed by atoms with Gasteiger partial charge in [0.15, 0.2) is 0 Å². The number of aromatic nitrogens is 3. The summed E-state index contributed by atoms with van der Waals surface area (Å²) in [6, 6.07) is 6.24. The Morgan fingerprint density at radius 2 is 1.91 bits per heavy atom. The Balaban J connectivity index is 1.41. The van der Waals surface area contributed by atoms with Crippen molar-refractivity contribution in [2.24, 2.45) is 17.0 Å². The molecule has 0 aliphatic carbocycles. The molecule has 3 aromatic heterocycles.